The van der Waals surface area contributed by atoms with E-state index < -0.39 is 0 Å². The quantitative estimate of drug-likeness (QED) is 0.532. The van der Waals surface area contributed by atoms with Crippen molar-refractivity contribution in [3.63, 3.8) is 0 Å². The lowest BCUT2D eigenvalue weighted by Gasteiger charge is -2.22. The van der Waals surface area contributed by atoms with Gasteiger partial charge in [0.25, 0.3) is 0 Å². The van der Waals surface area contributed by atoms with E-state index in [9.17, 15) is 10.2 Å². The highest BCUT2D eigenvalue weighted by atomic mass is 16.5. The molecule has 0 amide bonds. The van der Waals surface area contributed by atoms with Crippen molar-refractivity contribution >= 4 is 0 Å². The molecule has 1 unspecified atom stereocenters. The second-order valence-electron chi connectivity index (χ2n) is 5.90. The maximum Gasteiger partial charge on any atom is 0.120 e. The van der Waals surface area contributed by atoms with Gasteiger partial charge in [-0.3, -0.25) is 0 Å². The SMILES string of the molecule is CC(NCCCOC1CCCCC1)c1cc(O)ccc1O. The topological polar surface area (TPSA) is 61.7 Å². The molecule has 2 rings (SSSR count). The number of hydrogen-bond acceptors (Lipinski definition) is 4. The van der Waals surface area contributed by atoms with Gasteiger partial charge in [0.05, 0.1) is 6.10 Å². The number of phenols is 2. The molecule has 21 heavy (non-hydrogen) atoms. The second kappa shape index (κ2) is 8.25. The van der Waals surface area contributed by atoms with Gasteiger partial charge in [0.15, 0.2) is 0 Å². The monoisotopic (exact) mass is 293 g/mol. The standard InChI is InChI=1S/C17H27NO3/c1-13(16-12-14(19)8-9-17(16)20)18-10-5-11-21-15-6-3-2-4-7-15/h8-9,12-13,15,18-20H,2-7,10-11H2,1H3. The van der Waals surface area contributed by atoms with Crippen LogP contribution in [0.4, 0.5) is 0 Å². The van der Waals surface area contributed by atoms with Gasteiger partial charge >= 0.3 is 0 Å². The summed E-state index contributed by atoms with van der Waals surface area (Å²) in [7, 11) is 0. The molecule has 1 aromatic rings. The fraction of sp³-hybridized carbons (Fsp3) is 0.647. The molecule has 1 aliphatic carbocycles. The smallest absolute Gasteiger partial charge is 0.120 e. The zero-order chi connectivity index (χ0) is 15.1. The average Bonchev–Trinajstić information content (AvgIpc) is 2.50. The Morgan fingerprint density at radius 3 is 2.76 bits per heavy atom. The number of nitrogens with one attached hydrogen (secondary N) is 1. The van der Waals surface area contributed by atoms with E-state index >= 15 is 0 Å². The normalized spacial score (nSPS) is 17.8. The van der Waals surface area contributed by atoms with E-state index in [0.717, 1.165) is 25.1 Å². The van der Waals surface area contributed by atoms with Crippen LogP contribution in [0.1, 0.15) is 57.1 Å². The number of ether oxygens (including phenoxy) is 1. The third-order valence-electron chi connectivity index (χ3n) is 4.16. The Hall–Kier alpha value is -1.26. The van der Waals surface area contributed by atoms with Gasteiger partial charge in [0.2, 0.25) is 0 Å². The number of phenolic OH excluding ortho intramolecular Hbond substituents is 2. The molecule has 1 aromatic carbocycles. The molecule has 0 radical (unpaired) electrons. The average molecular weight is 293 g/mol. The summed E-state index contributed by atoms with van der Waals surface area (Å²) in [6.45, 7) is 3.61. The summed E-state index contributed by atoms with van der Waals surface area (Å²) in [6, 6.07) is 4.62. The highest BCUT2D eigenvalue weighted by Gasteiger charge is 2.13. The van der Waals surface area contributed by atoms with Crippen LogP contribution in [-0.2, 0) is 4.74 Å². The first-order valence-electron chi connectivity index (χ1n) is 8.03. The van der Waals surface area contributed by atoms with Crippen LogP contribution in [0, 0.1) is 0 Å². The molecule has 1 fully saturated rings. The zero-order valence-electron chi connectivity index (χ0n) is 12.8. The van der Waals surface area contributed by atoms with E-state index in [1.54, 1.807) is 6.07 Å². The van der Waals surface area contributed by atoms with E-state index in [2.05, 4.69) is 5.32 Å². The molecule has 3 N–H and O–H groups in total. The van der Waals surface area contributed by atoms with Gasteiger partial charge in [-0.2, -0.15) is 0 Å². The van der Waals surface area contributed by atoms with Crippen LogP contribution in [-0.4, -0.2) is 29.5 Å². The minimum Gasteiger partial charge on any atom is -0.508 e. The van der Waals surface area contributed by atoms with Crippen LogP contribution in [0.5, 0.6) is 11.5 Å². The number of hydrogen-bond donors (Lipinski definition) is 3. The lowest BCUT2D eigenvalue weighted by Crippen LogP contribution is -2.23. The maximum absolute atomic E-state index is 9.80. The Labute approximate surface area is 127 Å². The van der Waals surface area contributed by atoms with Crippen molar-refractivity contribution in [1.82, 2.24) is 5.32 Å². The summed E-state index contributed by atoms with van der Waals surface area (Å²) >= 11 is 0. The minimum absolute atomic E-state index is 0.00628. The molecule has 0 heterocycles. The fourth-order valence-corrected chi connectivity index (χ4v) is 2.87. The lowest BCUT2D eigenvalue weighted by molar-refractivity contribution is 0.0271. The predicted molar refractivity (Wildman–Crippen MR) is 83.6 cm³/mol. The molecule has 0 aliphatic heterocycles. The highest BCUT2D eigenvalue weighted by Crippen LogP contribution is 2.27. The van der Waals surface area contributed by atoms with Crippen molar-refractivity contribution in [2.45, 2.75) is 57.6 Å². The molecule has 1 aliphatic rings. The van der Waals surface area contributed by atoms with Gasteiger partial charge in [-0.25, -0.2) is 0 Å². The van der Waals surface area contributed by atoms with Gasteiger partial charge in [0.1, 0.15) is 11.5 Å². The lowest BCUT2D eigenvalue weighted by atomic mass is 9.98. The van der Waals surface area contributed by atoms with Crippen LogP contribution in [0.2, 0.25) is 0 Å². The molecule has 0 bridgehead atoms. The fourth-order valence-electron chi connectivity index (χ4n) is 2.87. The Morgan fingerprint density at radius 2 is 2.00 bits per heavy atom. The third kappa shape index (κ3) is 5.21. The number of rotatable bonds is 7. The van der Waals surface area contributed by atoms with E-state index in [-0.39, 0.29) is 17.5 Å². The summed E-state index contributed by atoms with van der Waals surface area (Å²) < 4.78 is 5.88. The predicted octanol–water partition coefficient (Wildman–Crippen LogP) is 3.49. The van der Waals surface area contributed by atoms with Crippen molar-refractivity contribution in [2.24, 2.45) is 0 Å². The van der Waals surface area contributed by atoms with Crippen LogP contribution in [0.25, 0.3) is 0 Å². The Kier molecular flexibility index (Phi) is 6.33. The Morgan fingerprint density at radius 1 is 1.24 bits per heavy atom. The van der Waals surface area contributed by atoms with Crippen LogP contribution in [0.3, 0.4) is 0 Å². The highest BCUT2D eigenvalue weighted by molar-refractivity contribution is 5.40. The first-order valence-corrected chi connectivity index (χ1v) is 8.03. The van der Waals surface area contributed by atoms with Gasteiger partial charge in [-0.15, -0.1) is 0 Å². The molecule has 0 aromatic heterocycles. The molecular formula is C17H27NO3. The van der Waals surface area contributed by atoms with Crippen LogP contribution >= 0.6 is 0 Å². The van der Waals surface area contributed by atoms with Gasteiger partial charge in [-0.05, 0) is 50.9 Å². The molecule has 1 saturated carbocycles. The summed E-state index contributed by atoms with van der Waals surface area (Å²) in [5.74, 6) is 0.392. The van der Waals surface area contributed by atoms with Gasteiger partial charge < -0.3 is 20.3 Å². The molecule has 4 heteroatoms. The number of aromatic hydroxyl groups is 2. The molecule has 0 saturated heterocycles. The maximum atomic E-state index is 9.80. The van der Waals surface area contributed by atoms with Crippen LogP contribution < -0.4 is 5.32 Å². The van der Waals surface area contributed by atoms with Gasteiger partial charge in [-0.1, -0.05) is 19.3 Å². The first-order chi connectivity index (χ1) is 10.2. The first kappa shape index (κ1) is 16.1. The zero-order valence-corrected chi connectivity index (χ0v) is 12.8. The molecular weight excluding hydrogens is 266 g/mol. The van der Waals surface area contributed by atoms with E-state index in [0.29, 0.717) is 6.10 Å². The van der Waals surface area contributed by atoms with Crippen molar-refractivity contribution in [3.8, 4) is 11.5 Å². The Bertz CT molecular complexity index is 430. The molecule has 118 valence electrons. The summed E-state index contributed by atoms with van der Waals surface area (Å²) in [5, 5.41) is 22.6. The van der Waals surface area contributed by atoms with Crippen molar-refractivity contribution in [1.29, 1.82) is 0 Å². The molecule has 4 nitrogen and oxygen atoms in total. The number of benzene rings is 1. The minimum atomic E-state index is 0.00628. The van der Waals surface area contributed by atoms with E-state index in [4.69, 9.17) is 4.74 Å². The summed E-state index contributed by atoms with van der Waals surface area (Å²) in [6.07, 6.45) is 7.80. The van der Waals surface area contributed by atoms with Crippen molar-refractivity contribution in [2.75, 3.05) is 13.2 Å². The van der Waals surface area contributed by atoms with Gasteiger partial charge in [0, 0.05) is 18.2 Å². The third-order valence-corrected chi connectivity index (χ3v) is 4.16. The molecule has 0 spiro atoms. The van der Waals surface area contributed by atoms with Crippen molar-refractivity contribution < 1.29 is 14.9 Å². The summed E-state index contributed by atoms with van der Waals surface area (Å²) in [4.78, 5) is 0. The van der Waals surface area contributed by atoms with Crippen LogP contribution in [0.15, 0.2) is 18.2 Å². The second-order valence-corrected chi connectivity index (χ2v) is 5.90. The van der Waals surface area contributed by atoms with Crippen molar-refractivity contribution in [3.05, 3.63) is 23.8 Å². The summed E-state index contributed by atoms with van der Waals surface area (Å²) in [5.41, 5.74) is 0.725. The largest absolute Gasteiger partial charge is 0.508 e. The van der Waals surface area contributed by atoms with E-state index in [1.165, 1.54) is 44.2 Å². The Balaban J connectivity index is 1.64. The van der Waals surface area contributed by atoms with E-state index in [1.807, 2.05) is 6.92 Å². The molecule has 1 atom stereocenters.